The summed E-state index contributed by atoms with van der Waals surface area (Å²) in [5.41, 5.74) is 2.80. The van der Waals surface area contributed by atoms with E-state index in [1.807, 2.05) is 42.5 Å². The van der Waals surface area contributed by atoms with Crippen LogP contribution >= 0.6 is 0 Å². The Kier molecular flexibility index (Phi) is 5.38. The van der Waals surface area contributed by atoms with Gasteiger partial charge in [0, 0.05) is 0 Å². The number of benzene rings is 2. The molecular formula is C18H22. The van der Waals surface area contributed by atoms with Crippen molar-refractivity contribution >= 4 is 6.08 Å². The van der Waals surface area contributed by atoms with Gasteiger partial charge in [-0.25, -0.2) is 0 Å². The van der Waals surface area contributed by atoms with Crippen LogP contribution in [0.2, 0.25) is 0 Å². The third-order valence-corrected chi connectivity index (χ3v) is 2.68. The summed E-state index contributed by atoms with van der Waals surface area (Å²) in [6.45, 7) is 10.4. The molecule has 94 valence electrons. The maximum absolute atomic E-state index is 3.72. The molecule has 0 aromatic heterocycles. The lowest BCUT2D eigenvalue weighted by molar-refractivity contribution is 0.590. The molecule has 0 saturated carbocycles. The van der Waals surface area contributed by atoms with E-state index in [2.05, 4.69) is 51.6 Å². The zero-order chi connectivity index (χ0) is 13.4. The molecule has 2 rings (SSSR count). The number of hydrogen-bond acceptors (Lipinski definition) is 0. The summed E-state index contributed by atoms with van der Waals surface area (Å²) in [7, 11) is 0. The van der Waals surface area contributed by atoms with E-state index in [1.54, 1.807) is 0 Å². The van der Waals surface area contributed by atoms with Crippen LogP contribution in [0.4, 0.5) is 0 Å². The van der Waals surface area contributed by atoms with Crippen LogP contribution in [0.25, 0.3) is 6.08 Å². The first kappa shape index (κ1) is 14.2. The third-order valence-electron chi connectivity index (χ3n) is 2.68. The van der Waals surface area contributed by atoms with E-state index in [9.17, 15) is 0 Å². The highest BCUT2D eigenvalue weighted by Crippen LogP contribution is 2.22. The quantitative estimate of drug-likeness (QED) is 0.631. The Balaban J connectivity index is 0.000000225. The minimum absolute atomic E-state index is 0.250. The van der Waals surface area contributed by atoms with Crippen LogP contribution in [0.5, 0.6) is 0 Å². The SMILES string of the molecule is C=Cc1ccc(C(C)(C)C)cc1.c1ccccc1. The van der Waals surface area contributed by atoms with Crippen LogP contribution in [0, 0.1) is 0 Å². The molecule has 0 nitrogen and oxygen atoms in total. The second-order valence-electron chi connectivity index (χ2n) is 5.23. The Labute approximate surface area is 111 Å². The Bertz CT molecular complexity index is 417. The maximum Gasteiger partial charge on any atom is -0.0132 e. The Morgan fingerprint density at radius 1 is 0.778 bits per heavy atom. The van der Waals surface area contributed by atoms with Gasteiger partial charge in [0.2, 0.25) is 0 Å². The fourth-order valence-electron chi connectivity index (χ4n) is 1.50. The van der Waals surface area contributed by atoms with Crippen molar-refractivity contribution in [3.63, 3.8) is 0 Å². The van der Waals surface area contributed by atoms with Crippen molar-refractivity contribution in [3.05, 3.63) is 78.4 Å². The van der Waals surface area contributed by atoms with Crippen LogP contribution in [-0.2, 0) is 5.41 Å². The molecule has 0 heteroatoms. The molecule has 2 aromatic rings. The van der Waals surface area contributed by atoms with E-state index in [0.717, 1.165) is 0 Å². The van der Waals surface area contributed by atoms with Gasteiger partial charge in [-0.2, -0.15) is 0 Å². The largest absolute Gasteiger partial charge is 0.0985 e. The lowest BCUT2D eigenvalue weighted by Crippen LogP contribution is -2.10. The normalized spacial score (nSPS) is 10.2. The van der Waals surface area contributed by atoms with Gasteiger partial charge in [0.25, 0.3) is 0 Å². The minimum atomic E-state index is 0.250. The highest BCUT2D eigenvalue weighted by atomic mass is 14.2. The molecule has 0 aliphatic heterocycles. The van der Waals surface area contributed by atoms with Crippen LogP contribution in [0.1, 0.15) is 31.9 Å². The molecule has 18 heavy (non-hydrogen) atoms. The van der Waals surface area contributed by atoms with Gasteiger partial charge in [-0.15, -0.1) is 0 Å². The average molecular weight is 238 g/mol. The molecule has 0 bridgehead atoms. The summed E-state index contributed by atoms with van der Waals surface area (Å²) < 4.78 is 0. The summed E-state index contributed by atoms with van der Waals surface area (Å²) >= 11 is 0. The molecule has 0 spiro atoms. The van der Waals surface area contributed by atoms with Gasteiger partial charge in [0.15, 0.2) is 0 Å². The van der Waals surface area contributed by atoms with Crippen molar-refractivity contribution in [2.75, 3.05) is 0 Å². The second kappa shape index (κ2) is 6.80. The summed E-state index contributed by atoms with van der Waals surface area (Å²) in [6.07, 6.45) is 1.87. The first-order valence-corrected chi connectivity index (χ1v) is 6.27. The van der Waals surface area contributed by atoms with Gasteiger partial charge in [0.1, 0.15) is 0 Å². The van der Waals surface area contributed by atoms with Crippen molar-refractivity contribution in [2.24, 2.45) is 0 Å². The predicted octanol–water partition coefficient (Wildman–Crippen LogP) is 5.31. The second-order valence-corrected chi connectivity index (χ2v) is 5.23. The van der Waals surface area contributed by atoms with Gasteiger partial charge in [-0.05, 0) is 16.5 Å². The van der Waals surface area contributed by atoms with E-state index in [-0.39, 0.29) is 5.41 Å². The Hall–Kier alpha value is -1.82. The fraction of sp³-hybridized carbons (Fsp3) is 0.222. The minimum Gasteiger partial charge on any atom is -0.0985 e. The topological polar surface area (TPSA) is 0 Å². The molecule has 0 saturated heterocycles. The van der Waals surface area contributed by atoms with Crippen molar-refractivity contribution < 1.29 is 0 Å². The van der Waals surface area contributed by atoms with Crippen LogP contribution in [-0.4, -0.2) is 0 Å². The van der Waals surface area contributed by atoms with E-state index < -0.39 is 0 Å². The molecule has 0 unspecified atom stereocenters. The summed E-state index contributed by atoms with van der Waals surface area (Å²) in [5, 5.41) is 0. The lowest BCUT2D eigenvalue weighted by atomic mass is 9.87. The summed E-state index contributed by atoms with van der Waals surface area (Å²) in [4.78, 5) is 0. The molecule has 0 aliphatic rings. The highest BCUT2D eigenvalue weighted by Gasteiger charge is 2.12. The van der Waals surface area contributed by atoms with Crippen molar-refractivity contribution in [1.29, 1.82) is 0 Å². The molecule has 0 N–H and O–H groups in total. The Morgan fingerprint density at radius 3 is 1.44 bits per heavy atom. The van der Waals surface area contributed by atoms with Gasteiger partial charge < -0.3 is 0 Å². The van der Waals surface area contributed by atoms with Crippen LogP contribution < -0.4 is 0 Å². The van der Waals surface area contributed by atoms with Gasteiger partial charge in [-0.3, -0.25) is 0 Å². The first-order chi connectivity index (χ1) is 8.54. The standard InChI is InChI=1S/C12H16.C6H6/c1-5-10-6-8-11(9-7-10)12(2,3)4;1-2-4-6-5-3-1/h5-9H,1H2,2-4H3;1-6H. The van der Waals surface area contributed by atoms with Gasteiger partial charge in [-0.1, -0.05) is 94.1 Å². The monoisotopic (exact) mass is 238 g/mol. The van der Waals surface area contributed by atoms with Crippen molar-refractivity contribution in [1.82, 2.24) is 0 Å². The zero-order valence-electron chi connectivity index (χ0n) is 11.6. The smallest absolute Gasteiger partial charge is 0.0132 e. The van der Waals surface area contributed by atoms with E-state index >= 15 is 0 Å². The maximum atomic E-state index is 3.72. The lowest BCUT2D eigenvalue weighted by Gasteiger charge is -2.18. The highest BCUT2D eigenvalue weighted by molar-refractivity contribution is 5.47. The third kappa shape index (κ3) is 5.01. The molecule has 0 radical (unpaired) electrons. The summed E-state index contributed by atoms with van der Waals surface area (Å²) in [5.74, 6) is 0. The number of hydrogen-bond donors (Lipinski definition) is 0. The Morgan fingerprint density at radius 2 is 1.17 bits per heavy atom. The number of rotatable bonds is 1. The van der Waals surface area contributed by atoms with Crippen molar-refractivity contribution in [3.8, 4) is 0 Å². The molecule has 0 heterocycles. The molecule has 0 fully saturated rings. The first-order valence-electron chi connectivity index (χ1n) is 6.27. The van der Waals surface area contributed by atoms with Crippen molar-refractivity contribution in [2.45, 2.75) is 26.2 Å². The van der Waals surface area contributed by atoms with E-state index in [4.69, 9.17) is 0 Å². The fourth-order valence-corrected chi connectivity index (χ4v) is 1.50. The van der Waals surface area contributed by atoms with Crippen LogP contribution in [0.15, 0.2) is 67.2 Å². The van der Waals surface area contributed by atoms with Gasteiger partial charge >= 0.3 is 0 Å². The molecule has 0 aliphatic carbocycles. The molecule has 2 aromatic carbocycles. The zero-order valence-corrected chi connectivity index (χ0v) is 11.6. The molecular weight excluding hydrogens is 216 g/mol. The summed E-state index contributed by atoms with van der Waals surface area (Å²) in [6, 6.07) is 20.5. The molecule has 0 atom stereocenters. The predicted molar refractivity (Wildman–Crippen MR) is 81.7 cm³/mol. The van der Waals surface area contributed by atoms with Gasteiger partial charge in [0.05, 0.1) is 0 Å². The van der Waals surface area contributed by atoms with Crippen LogP contribution in [0.3, 0.4) is 0 Å². The van der Waals surface area contributed by atoms with E-state index in [1.165, 1.54) is 11.1 Å². The van der Waals surface area contributed by atoms with E-state index in [0.29, 0.717) is 0 Å². The average Bonchev–Trinajstić information content (AvgIpc) is 2.40. The molecule has 0 amide bonds.